The number of aromatic nitrogens is 2. The highest BCUT2D eigenvalue weighted by atomic mass is 32.2. The van der Waals surface area contributed by atoms with E-state index < -0.39 is 0 Å². The molecule has 61 heavy (non-hydrogen) atoms. The highest BCUT2D eigenvalue weighted by molar-refractivity contribution is 7.98. The second-order valence-electron chi connectivity index (χ2n) is 26.5. The predicted octanol–water partition coefficient (Wildman–Crippen LogP) is 18.7. The van der Waals surface area contributed by atoms with Crippen LogP contribution >= 0.6 is 11.8 Å². The van der Waals surface area contributed by atoms with Gasteiger partial charge in [-0.15, -0.1) is 0 Å². The lowest BCUT2D eigenvalue weighted by atomic mass is 9.81. The summed E-state index contributed by atoms with van der Waals surface area (Å²) in [5, 5.41) is 8.40. The smallest absolute Gasteiger partial charge is 0.0921 e. The van der Waals surface area contributed by atoms with Crippen molar-refractivity contribution in [2.45, 2.75) is 225 Å². The maximum atomic E-state index is 8.40. The number of aliphatic hydroxyl groups is 1. The van der Waals surface area contributed by atoms with Gasteiger partial charge in [-0.25, -0.2) is 4.98 Å². The van der Waals surface area contributed by atoms with Crippen LogP contribution in [0.5, 0.6) is 0 Å². The highest BCUT2D eigenvalue weighted by Crippen LogP contribution is 2.36. The topological polar surface area (TPSA) is 48.9 Å². The van der Waals surface area contributed by atoms with Crippen LogP contribution in [0.4, 0.5) is 0 Å². The quantitative estimate of drug-likeness (QED) is 0.304. The lowest BCUT2D eigenvalue weighted by Crippen LogP contribution is -2.15. The van der Waals surface area contributed by atoms with Crippen LogP contribution in [0.25, 0.3) is 5.57 Å². The summed E-state index contributed by atoms with van der Waals surface area (Å²) in [4.78, 5) is 7.03. The molecule has 0 saturated heterocycles. The number of thioether (sulfide) groups is 1. The maximum absolute atomic E-state index is 8.40. The number of fused-ring (bicyclic) bond motifs is 1. The number of aliphatic hydroxyl groups excluding tert-OH is 1. The Morgan fingerprint density at radius 2 is 1.11 bits per heavy atom. The summed E-state index contributed by atoms with van der Waals surface area (Å²) < 4.78 is 0. The molecule has 362 valence electrons. The van der Waals surface area contributed by atoms with Crippen molar-refractivity contribution in [3.63, 3.8) is 0 Å². The van der Waals surface area contributed by atoms with Crippen LogP contribution < -0.4 is 0 Å². The van der Waals surface area contributed by atoms with Crippen molar-refractivity contribution in [2.24, 2.45) is 55.7 Å². The van der Waals surface area contributed by atoms with Gasteiger partial charge in [0.05, 0.1) is 6.33 Å². The second-order valence-corrected chi connectivity index (χ2v) is 27.5. The van der Waals surface area contributed by atoms with E-state index in [-0.39, 0.29) is 12.0 Å². The summed E-state index contributed by atoms with van der Waals surface area (Å²) in [5.74, 6) is 3.79. The summed E-state index contributed by atoms with van der Waals surface area (Å²) >= 11 is 1.93. The average molecular weight is 874 g/mol. The molecule has 0 amide bonds. The van der Waals surface area contributed by atoms with E-state index in [2.05, 4.69) is 213 Å². The third-order valence-electron chi connectivity index (χ3n) is 10.3. The summed E-state index contributed by atoms with van der Waals surface area (Å²) in [6.45, 7) is 60.7. The SMILES string of the molecule is CC(C)(C)CC1=CCc2ccccc21.CC(C)(C)CO.CC(C)(C)Cc1cnc[nH]1.CC(C)C(C)(C)C.CC(C)CC(C)(C)C.CC[C@@H](C)C(C)(C)C.CSCCC(C)(C)C. The number of rotatable bonds is 6. The summed E-state index contributed by atoms with van der Waals surface area (Å²) in [6.07, 6.45) is 15.5. The zero-order chi connectivity index (χ0) is 49.3. The molecule has 0 spiro atoms. The lowest BCUT2D eigenvalue weighted by Gasteiger charge is -2.25. The third kappa shape index (κ3) is 47.8. The molecular weight excluding hydrogens is 761 g/mol. The van der Waals surface area contributed by atoms with E-state index in [1.807, 2.05) is 38.7 Å². The average Bonchev–Trinajstić information content (AvgIpc) is 3.71. The van der Waals surface area contributed by atoms with Gasteiger partial charge in [0.1, 0.15) is 0 Å². The Labute approximate surface area is 390 Å². The number of benzene rings is 1. The Hall–Kier alpha value is -1.52. The number of hydrogen-bond donors (Lipinski definition) is 2. The molecule has 3 nitrogen and oxygen atoms in total. The number of nitrogens with zero attached hydrogens (tertiary/aromatic N) is 1. The molecule has 4 heteroatoms. The van der Waals surface area contributed by atoms with Gasteiger partial charge in [-0.2, -0.15) is 11.8 Å². The van der Waals surface area contributed by atoms with Crippen LogP contribution in [0.1, 0.15) is 229 Å². The molecule has 0 aliphatic heterocycles. The van der Waals surface area contributed by atoms with Crippen molar-refractivity contribution in [1.82, 2.24) is 9.97 Å². The van der Waals surface area contributed by atoms with E-state index in [0.717, 1.165) is 30.6 Å². The molecule has 0 radical (unpaired) electrons. The van der Waals surface area contributed by atoms with Crippen molar-refractivity contribution in [3.05, 3.63) is 59.7 Å². The molecule has 2 N–H and O–H groups in total. The second kappa shape index (κ2) is 30.6. The number of hydrogen-bond acceptors (Lipinski definition) is 3. The van der Waals surface area contributed by atoms with Crippen molar-refractivity contribution >= 4 is 17.3 Å². The molecule has 0 fully saturated rings. The van der Waals surface area contributed by atoms with Gasteiger partial charge in [0.15, 0.2) is 0 Å². The molecule has 1 atom stereocenters. The van der Waals surface area contributed by atoms with Gasteiger partial charge in [0.2, 0.25) is 0 Å². The molecule has 0 unspecified atom stereocenters. The minimum atomic E-state index is 0.0972. The number of imidazole rings is 1. The first-order valence-electron chi connectivity index (χ1n) is 23.9. The van der Waals surface area contributed by atoms with Gasteiger partial charge in [-0.3, -0.25) is 0 Å². The van der Waals surface area contributed by atoms with Crippen molar-refractivity contribution < 1.29 is 5.11 Å². The largest absolute Gasteiger partial charge is 0.396 e. The van der Waals surface area contributed by atoms with E-state index in [0.29, 0.717) is 32.5 Å². The number of nitrogens with one attached hydrogen (secondary N) is 1. The van der Waals surface area contributed by atoms with E-state index in [4.69, 9.17) is 5.11 Å². The Morgan fingerprint density at radius 3 is 1.36 bits per heavy atom. The summed E-state index contributed by atoms with van der Waals surface area (Å²) in [6, 6.07) is 8.76. The fourth-order valence-corrected chi connectivity index (χ4v) is 6.11. The number of H-pyrrole nitrogens is 1. The highest BCUT2D eigenvalue weighted by Gasteiger charge is 2.20. The van der Waals surface area contributed by atoms with E-state index in [1.54, 1.807) is 6.33 Å². The molecule has 0 bridgehead atoms. The van der Waals surface area contributed by atoms with Crippen molar-refractivity contribution in [3.8, 4) is 0 Å². The van der Waals surface area contributed by atoms with E-state index in [1.165, 1.54) is 53.8 Å². The molecule has 1 heterocycles. The Bertz CT molecular complexity index is 1330. The molecule has 1 aromatic heterocycles. The summed E-state index contributed by atoms with van der Waals surface area (Å²) in [7, 11) is 0. The first-order valence-corrected chi connectivity index (χ1v) is 25.3. The standard InChI is InChI=1S/C14H18.C8H14N2.2C8H18.C7H16S.C7H16.C5H12O/c1-14(2,3)10-12-9-8-11-6-4-5-7-13(11)12;1-8(2,3)4-7-5-9-6-10-7;1-7(2)6-8(3,4)5;1-6-7(2)8(3,4)5;1-7(2,3)5-6-8-4;1-6(2)7(3,4)5;1-5(2,3)4-6/h4-7,9H,8,10H2,1-3H3;5-6H,4H2,1-3H3,(H,9,10);2*7H,6H2,1-5H3;5-6H2,1-4H3;6H,1-5H3;6H,4H2,1-3H3/t;;;7-;;;/m...1.../s1. The van der Waals surface area contributed by atoms with Gasteiger partial charge in [-0.1, -0.05) is 224 Å². The Balaban J connectivity index is -0.000000317. The van der Waals surface area contributed by atoms with Gasteiger partial charge in [0.25, 0.3) is 0 Å². The molecule has 2 aromatic rings. The van der Waals surface area contributed by atoms with Gasteiger partial charge >= 0.3 is 0 Å². The monoisotopic (exact) mass is 873 g/mol. The number of aromatic amines is 1. The van der Waals surface area contributed by atoms with E-state index >= 15 is 0 Å². The lowest BCUT2D eigenvalue weighted by molar-refractivity contribution is 0.177. The van der Waals surface area contributed by atoms with Gasteiger partial charge < -0.3 is 10.1 Å². The molecule has 3 rings (SSSR count). The first kappa shape index (κ1) is 66.1. The van der Waals surface area contributed by atoms with Crippen LogP contribution in [-0.2, 0) is 12.8 Å². The third-order valence-corrected chi connectivity index (χ3v) is 10.9. The van der Waals surface area contributed by atoms with Gasteiger partial charge in [-0.05, 0) is 116 Å². The summed E-state index contributed by atoms with van der Waals surface area (Å²) in [5.41, 5.74) is 8.62. The minimum absolute atomic E-state index is 0.0972. The van der Waals surface area contributed by atoms with Crippen molar-refractivity contribution in [1.29, 1.82) is 0 Å². The van der Waals surface area contributed by atoms with Crippen LogP contribution in [0.3, 0.4) is 0 Å². The minimum Gasteiger partial charge on any atom is -0.396 e. The van der Waals surface area contributed by atoms with Crippen LogP contribution in [0.2, 0.25) is 0 Å². The fourth-order valence-electron chi connectivity index (χ4n) is 5.29. The normalized spacial score (nSPS) is 13.5. The molecular formula is C57H112N2OS. The Kier molecular flexibility index (Phi) is 33.1. The van der Waals surface area contributed by atoms with Crippen LogP contribution in [0.15, 0.2) is 42.9 Å². The predicted molar refractivity (Wildman–Crippen MR) is 285 cm³/mol. The first-order chi connectivity index (χ1) is 27.1. The number of allylic oxidation sites excluding steroid dienone is 2. The van der Waals surface area contributed by atoms with E-state index in [9.17, 15) is 0 Å². The van der Waals surface area contributed by atoms with Crippen LogP contribution in [-0.4, -0.2) is 33.7 Å². The zero-order valence-corrected chi connectivity index (χ0v) is 47.5. The van der Waals surface area contributed by atoms with Gasteiger partial charge in [0, 0.05) is 18.5 Å². The molecule has 1 aliphatic rings. The molecule has 0 saturated carbocycles. The zero-order valence-electron chi connectivity index (χ0n) is 46.7. The Morgan fingerprint density at radius 1 is 0.656 bits per heavy atom. The van der Waals surface area contributed by atoms with Crippen molar-refractivity contribution in [2.75, 3.05) is 18.6 Å². The maximum Gasteiger partial charge on any atom is 0.0921 e. The molecule has 1 aliphatic carbocycles. The molecule has 1 aromatic carbocycles. The van der Waals surface area contributed by atoms with Crippen LogP contribution in [0, 0.1) is 55.7 Å². The fraction of sp³-hybridized carbons (Fsp3) is 0.807.